The fraction of sp³-hybridized carbons (Fsp3) is 0.0500. The summed E-state index contributed by atoms with van der Waals surface area (Å²) < 4.78 is 29.3. The predicted octanol–water partition coefficient (Wildman–Crippen LogP) is 5.58. The Balaban J connectivity index is 1.79. The molecule has 0 aliphatic rings. The topological polar surface area (TPSA) is 46.1 Å². The second kappa shape index (κ2) is 7.73. The Morgan fingerprint density at radius 3 is 2.71 bits per heavy atom. The Morgan fingerprint density at radius 2 is 1.96 bits per heavy atom. The Morgan fingerprint density at radius 1 is 1.11 bits per heavy atom. The number of pyridine rings is 1. The standard InChI is InChI=1S/C20H12BrF2N3OS/c21-12-4-7-17-18(9-12)28-20(25-17)26(11-14-3-1-2-8-24-14)19(27)15-6-5-13(22)10-16(15)23/h1-10H,11H2. The summed E-state index contributed by atoms with van der Waals surface area (Å²) in [5.74, 6) is -2.27. The number of hydrogen-bond acceptors (Lipinski definition) is 4. The molecular weight excluding hydrogens is 448 g/mol. The lowest BCUT2D eigenvalue weighted by Crippen LogP contribution is -2.31. The zero-order valence-electron chi connectivity index (χ0n) is 14.3. The summed E-state index contributed by atoms with van der Waals surface area (Å²) in [6.07, 6.45) is 1.62. The Labute approximate surface area is 171 Å². The summed E-state index contributed by atoms with van der Waals surface area (Å²) in [6, 6.07) is 13.8. The van der Waals surface area contributed by atoms with Gasteiger partial charge in [0.2, 0.25) is 0 Å². The van der Waals surface area contributed by atoms with Gasteiger partial charge in [-0.25, -0.2) is 13.8 Å². The molecule has 0 aliphatic carbocycles. The number of anilines is 1. The summed E-state index contributed by atoms with van der Waals surface area (Å²) in [5, 5.41) is 0.410. The van der Waals surface area contributed by atoms with E-state index in [-0.39, 0.29) is 12.1 Å². The molecule has 28 heavy (non-hydrogen) atoms. The van der Waals surface area contributed by atoms with Gasteiger partial charge in [0, 0.05) is 16.7 Å². The van der Waals surface area contributed by atoms with E-state index in [0.29, 0.717) is 16.9 Å². The van der Waals surface area contributed by atoms with Crippen LogP contribution >= 0.6 is 27.3 Å². The minimum atomic E-state index is -0.917. The average molecular weight is 460 g/mol. The van der Waals surface area contributed by atoms with Crippen molar-refractivity contribution in [2.24, 2.45) is 0 Å². The number of carbonyl (C=O) groups excluding carboxylic acids is 1. The zero-order chi connectivity index (χ0) is 19.7. The molecule has 140 valence electrons. The summed E-state index contributed by atoms with van der Waals surface area (Å²) in [7, 11) is 0. The number of carbonyl (C=O) groups is 1. The molecular formula is C20H12BrF2N3OS. The lowest BCUT2D eigenvalue weighted by molar-refractivity contribution is 0.0981. The quantitative estimate of drug-likeness (QED) is 0.400. The van der Waals surface area contributed by atoms with Crippen LogP contribution in [0.2, 0.25) is 0 Å². The van der Waals surface area contributed by atoms with Gasteiger partial charge in [0.25, 0.3) is 5.91 Å². The lowest BCUT2D eigenvalue weighted by atomic mass is 10.1. The van der Waals surface area contributed by atoms with E-state index < -0.39 is 17.5 Å². The van der Waals surface area contributed by atoms with Gasteiger partial charge in [0.1, 0.15) is 11.6 Å². The molecule has 0 N–H and O–H groups in total. The van der Waals surface area contributed by atoms with Crippen molar-refractivity contribution >= 4 is 48.5 Å². The van der Waals surface area contributed by atoms with Crippen molar-refractivity contribution in [3.63, 3.8) is 0 Å². The molecule has 2 aromatic carbocycles. The highest BCUT2D eigenvalue weighted by Gasteiger charge is 2.25. The maximum absolute atomic E-state index is 14.2. The van der Waals surface area contributed by atoms with Crippen LogP contribution in [0.3, 0.4) is 0 Å². The van der Waals surface area contributed by atoms with Crippen LogP contribution in [-0.4, -0.2) is 15.9 Å². The number of rotatable bonds is 4. The first-order valence-corrected chi connectivity index (χ1v) is 9.85. The van der Waals surface area contributed by atoms with Gasteiger partial charge in [0.15, 0.2) is 5.13 Å². The van der Waals surface area contributed by atoms with Gasteiger partial charge < -0.3 is 0 Å². The van der Waals surface area contributed by atoms with Crippen molar-refractivity contribution in [1.29, 1.82) is 0 Å². The molecule has 0 radical (unpaired) electrons. The van der Waals surface area contributed by atoms with Gasteiger partial charge in [0.05, 0.1) is 28.0 Å². The molecule has 8 heteroatoms. The third kappa shape index (κ3) is 3.79. The number of thiazole rings is 1. The lowest BCUT2D eigenvalue weighted by Gasteiger charge is -2.20. The SMILES string of the molecule is O=C(c1ccc(F)cc1F)N(Cc1ccccn1)c1nc2ccc(Br)cc2s1. The number of nitrogens with zero attached hydrogens (tertiary/aromatic N) is 3. The predicted molar refractivity (Wildman–Crippen MR) is 108 cm³/mol. The van der Waals surface area contributed by atoms with Crippen LogP contribution in [0.5, 0.6) is 0 Å². The van der Waals surface area contributed by atoms with Crippen LogP contribution in [0.4, 0.5) is 13.9 Å². The molecule has 0 saturated carbocycles. The molecule has 2 aromatic heterocycles. The Kier molecular flexibility index (Phi) is 5.15. The third-order valence-electron chi connectivity index (χ3n) is 4.02. The van der Waals surface area contributed by atoms with Gasteiger partial charge in [-0.3, -0.25) is 14.7 Å². The minimum Gasteiger partial charge on any atom is -0.278 e. The molecule has 0 spiro atoms. The summed E-state index contributed by atoms with van der Waals surface area (Å²) in [5.41, 5.74) is 1.12. The van der Waals surface area contributed by atoms with E-state index in [1.54, 1.807) is 24.4 Å². The van der Waals surface area contributed by atoms with Crippen LogP contribution in [0, 0.1) is 11.6 Å². The van der Waals surface area contributed by atoms with Crippen LogP contribution in [0.1, 0.15) is 16.1 Å². The molecule has 4 aromatic rings. The second-order valence-corrected chi connectivity index (χ2v) is 7.87. The number of halogens is 3. The second-order valence-electron chi connectivity index (χ2n) is 5.95. The minimum absolute atomic E-state index is 0.109. The molecule has 0 unspecified atom stereocenters. The first-order chi connectivity index (χ1) is 13.5. The van der Waals surface area contributed by atoms with Crippen molar-refractivity contribution < 1.29 is 13.6 Å². The van der Waals surface area contributed by atoms with E-state index in [4.69, 9.17) is 0 Å². The highest BCUT2D eigenvalue weighted by atomic mass is 79.9. The van der Waals surface area contributed by atoms with Crippen molar-refractivity contribution in [2.45, 2.75) is 6.54 Å². The fourth-order valence-electron chi connectivity index (χ4n) is 2.69. The van der Waals surface area contributed by atoms with E-state index in [0.717, 1.165) is 26.8 Å². The molecule has 4 nitrogen and oxygen atoms in total. The molecule has 0 aliphatic heterocycles. The number of hydrogen-bond donors (Lipinski definition) is 0. The van der Waals surface area contributed by atoms with Crippen LogP contribution < -0.4 is 4.90 Å². The van der Waals surface area contributed by atoms with Gasteiger partial charge in [-0.1, -0.05) is 33.3 Å². The molecule has 4 rings (SSSR count). The van der Waals surface area contributed by atoms with Crippen molar-refractivity contribution in [3.05, 3.63) is 88.2 Å². The van der Waals surface area contributed by atoms with Crippen molar-refractivity contribution in [3.8, 4) is 0 Å². The maximum atomic E-state index is 14.2. The molecule has 0 fully saturated rings. The van der Waals surface area contributed by atoms with Gasteiger partial charge in [-0.15, -0.1) is 0 Å². The number of aromatic nitrogens is 2. The van der Waals surface area contributed by atoms with E-state index >= 15 is 0 Å². The Bertz CT molecular complexity index is 1170. The van der Waals surface area contributed by atoms with Crippen LogP contribution in [0.15, 0.2) is 65.3 Å². The fourth-order valence-corrected chi connectivity index (χ4v) is 4.21. The Hall–Kier alpha value is -2.71. The molecule has 2 heterocycles. The van der Waals surface area contributed by atoms with E-state index in [9.17, 15) is 13.6 Å². The average Bonchev–Trinajstić information content (AvgIpc) is 3.09. The van der Waals surface area contributed by atoms with E-state index in [1.165, 1.54) is 16.2 Å². The van der Waals surface area contributed by atoms with Gasteiger partial charge in [-0.05, 0) is 42.5 Å². The van der Waals surface area contributed by atoms with Crippen molar-refractivity contribution in [1.82, 2.24) is 9.97 Å². The van der Waals surface area contributed by atoms with Gasteiger partial charge in [-0.2, -0.15) is 0 Å². The largest absolute Gasteiger partial charge is 0.278 e. The summed E-state index contributed by atoms with van der Waals surface area (Å²) in [6.45, 7) is 0.109. The highest BCUT2D eigenvalue weighted by Crippen LogP contribution is 2.32. The molecule has 0 atom stereocenters. The molecule has 0 saturated heterocycles. The zero-order valence-corrected chi connectivity index (χ0v) is 16.7. The third-order valence-corrected chi connectivity index (χ3v) is 5.56. The molecule has 0 bridgehead atoms. The summed E-state index contributed by atoms with van der Waals surface area (Å²) >= 11 is 4.73. The van der Waals surface area contributed by atoms with Crippen molar-refractivity contribution in [2.75, 3.05) is 4.90 Å². The first-order valence-electron chi connectivity index (χ1n) is 8.24. The van der Waals surface area contributed by atoms with Gasteiger partial charge >= 0.3 is 0 Å². The van der Waals surface area contributed by atoms with Crippen LogP contribution in [-0.2, 0) is 6.54 Å². The highest BCUT2D eigenvalue weighted by molar-refractivity contribution is 9.10. The first kappa shape index (κ1) is 18.6. The normalized spacial score (nSPS) is 11.0. The molecule has 1 amide bonds. The van der Waals surface area contributed by atoms with Crippen LogP contribution in [0.25, 0.3) is 10.2 Å². The van der Waals surface area contributed by atoms with E-state index in [2.05, 4.69) is 25.9 Å². The number of amides is 1. The smallest absolute Gasteiger partial charge is 0.263 e. The number of benzene rings is 2. The maximum Gasteiger partial charge on any atom is 0.263 e. The number of fused-ring (bicyclic) bond motifs is 1. The van der Waals surface area contributed by atoms with E-state index in [1.807, 2.05) is 18.2 Å². The summed E-state index contributed by atoms with van der Waals surface area (Å²) in [4.78, 5) is 23.2. The monoisotopic (exact) mass is 459 g/mol.